The van der Waals surface area contributed by atoms with Crippen LogP contribution in [0.2, 0.25) is 0 Å². The molecule has 0 atom stereocenters. The predicted octanol–water partition coefficient (Wildman–Crippen LogP) is 3.42. The van der Waals surface area contributed by atoms with Gasteiger partial charge in [0.25, 0.3) is 0 Å². The zero-order valence-corrected chi connectivity index (χ0v) is 13.3. The molecule has 116 valence electrons. The first-order valence-electron chi connectivity index (χ1n) is 7.73. The van der Waals surface area contributed by atoms with Crippen molar-refractivity contribution in [1.29, 1.82) is 0 Å². The number of nitrogens with zero attached hydrogens (tertiary/aromatic N) is 1. The van der Waals surface area contributed by atoms with Crippen molar-refractivity contribution in [2.24, 2.45) is 5.92 Å². The standard InChI is InChI=1S/C17H26N2O2/c1-13-7-9-15(10-8-13)18-17(20)19(2)12-14-5-4-6-16(11-14)21-3/h4-6,11,13,15H,7-10,12H2,1-3H3,(H,18,20). The Morgan fingerprint density at radius 3 is 2.71 bits per heavy atom. The number of hydrogen-bond donors (Lipinski definition) is 1. The average Bonchev–Trinajstić information content (AvgIpc) is 2.49. The van der Waals surface area contributed by atoms with E-state index in [1.54, 1.807) is 12.0 Å². The number of carbonyl (C=O) groups is 1. The number of methoxy groups -OCH3 is 1. The highest BCUT2D eigenvalue weighted by Crippen LogP contribution is 2.23. The molecule has 0 bridgehead atoms. The first-order chi connectivity index (χ1) is 10.1. The molecule has 0 saturated heterocycles. The summed E-state index contributed by atoms with van der Waals surface area (Å²) in [6.45, 7) is 2.87. The molecule has 1 aliphatic rings. The van der Waals surface area contributed by atoms with Crippen molar-refractivity contribution in [3.8, 4) is 5.75 Å². The highest BCUT2D eigenvalue weighted by Gasteiger charge is 2.21. The number of amides is 2. The van der Waals surface area contributed by atoms with E-state index in [1.807, 2.05) is 31.3 Å². The predicted molar refractivity (Wildman–Crippen MR) is 84.4 cm³/mol. The van der Waals surface area contributed by atoms with E-state index < -0.39 is 0 Å². The number of nitrogens with one attached hydrogen (secondary N) is 1. The lowest BCUT2D eigenvalue weighted by Crippen LogP contribution is -2.44. The van der Waals surface area contributed by atoms with Crippen molar-refractivity contribution in [2.75, 3.05) is 14.2 Å². The summed E-state index contributed by atoms with van der Waals surface area (Å²) < 4.78 is 5.21. The fourth-order valence-corrected chi connectivity index (χ4v) is 2.81. The van der Waals surface area contributed by atoms with Gasteiger partial charge < -0.3 is 15.0 Å². The number of rotatable bonds is 4. The maximum atomic E-state index is 12.2. The molecule has 1 saturated carbocycles. The lowest BCUT2D eigenvalue weighted by atomic mass is 9.87. The van der Waals surface area contributed by atoms with Crippen LogP contribution in [-0.2, 0) is 6.54 Å². The Bertz CT molecular complexity index is 468. The second-order valence-electron chi connectivity index (χ2n) is 6.11. The molecule has 4 heteroatoms. The van der Waals surface area contributed by atoms with Crippen LogP contribution in [0, 0.1) is 5.92 Å². The lowest BCUT2D eigenvalue weighted by molar-refractivity contribution is 0.195. The van der Waals surface area contributed by atoms with Gasteiger partial charge in [0.05, 0.1) is 7.11 Å². The third-order valence-electron chi connectivity index (χ3n) is 4.24. The fourth-order valence-electron chi connectivity index (χ4n) is 2.81. The lowest BCUT2D eigenvalue weighted by Gasteiger charge is -2.29. The van der Waals surface area contributed by atoms with Crippen molar-refractivity contribution < 1.29 is 9.53 Å². The highest BCUT2D eigenvalue weighted by molar-refractivity contribution is 5.74. The molecular formula is C17H26N2O2. The minimum Gasteiger partial charge on any atom is -0.497 e. The molecule has 2 amide bonds. The third-order valence-corrected chi connectivity index (χ3v) is 4.24. The van der Waals surface area contributed by atoms with Gasteiger partial charge in [0.15, 0.2) is 0 Å². The summed E-state index contributed by atoms with van der Waals surface area (Å²) in [4.78, 5) is 14.0. The number of urea groups is 1. The maximum absolute atomic E-state index is 12.2. The van der Waals surface area contributed by atoms with Crippen molar-refractivity contribution in [3.63, 3.8) is 0 Å². The van der Waals surface area contributed by atoms with Crippen LogP contribution in [0.15, 0.2) is 24.3 Å². The molecule has 0 aromatic heterocycles. The number of benzene rings is 1. The molecule has 0 unspecified atom stereocenters. The molecule has 2 rings (SSSR count). The summed E-state index contributed by atoms with van der Waals surface area (Å²) in [5, 5.41) is 3.14. The molecule has 1 N–H and O–H groups in total. The third kappa shape index (κ3) is 4.66. The molecule has 1 aromatic carbocycles. The second kappa shape index (κ2) is 7.34. The Kier molecular flexibility index (Phi) is 5.48. The van der Waals surface area contributed by atoms with Crippen LogP contribution >= 0.6 is 0 Å². The minimum absolute atomic E-state index is 0.0115. The van der Waals surface area contributed by atoms with Gasteiger partial charge in [-0.1, -0.05) is 19.1 Å². The van der Waals surface area contributed by atoms with Gasteiger partial charge >= 0.3 is 6.03 Å². The van der Waals surface area contributed by atoms with E-state index in [2.05, 4.69) is 12.2 Å². The summed E-state index contributed by atoms with van der Waals surface area (Å²) in [6, 6.07) is 8.18. The molecule has 0 aliphatic heterocycles. The van der Waals surface area contributed by atoms with Crippen LogP contribution in [0.4, 0.5) is 4.79 Å². The summed E-state index contributed by atoms with van der Waals surface area (Å²) in [5.41, 5.74) is 1.07. The summed E-state index contributed by atoms with van der Waals surface area (Å²) in [6.07, 6.45) is 4.62. The van der Waals surface area contributed by atoms with Gasteiger partial charge in [-0.05, 0) is 49.3 Å². The van der Waals surface area contributed by atoms with Crippen molar-refractivity contribution in [3.05, 3.63) is 29.8 Å². The summed E-state index contributed by atoms with van der Waals surface area (Å²) in [7, 11) is 3.49. The highest BCUT2D eigenvalue weighted by atomic mass is 16.5. The van der Waals surface area contributed by atoms with Gasteiger partial charge in [0.2, 0.25) is 0 Å². The van der Waals surface area contributed by atoms with Gasteiger partial charge in [-0.15, -0.1) is 0 Å². The van der Waals surface area contributed by atoms with Gasteiger partial charge in [0.1, 0.15) is 5.75 Å². The summed E-state index contributed by atoms with van der Waals surface area (Å²) in [5.74, 6) is 1.62. The molecule has 0 heterocycles. The first kappa shape index (κ1) is 15.7. The summed E-state index contributed by atoms with van der Waals surface area (Å²) >= 11 is 0. The first-order valence-corrected chi connectivity index (χ1v) is 7.73. The quantitative estimate of drug-likeness (QED) is 0.923. The smallest absolute Gasteiger partial charge is 0.317 e. The average molecular weight is 290 g/mol. The van der Waals surface area contributed by atoms with Gasteiger partial charge in [-0.2, -0.15) is 0 Å². The van der Waals surface area contributed by atoms with E-state index in [4.69, 9.17) is 4.74 Å². The van der Waals surface area contributed by atoms with Crippen LogP contribution in [0.1, 0.15) is 38.2 Å². The Hall–Kier alpha value is -1.71. The molecule has 21 heavy (non-hydrogen) atoms. The van der Waals surface area contributed by atoms with Crippen LogP contribution in [0.3, 0.4) is 0 Å². The SMILES string of the molecule is COc1cccc(CN(C)C(=O)NC2CCC(C)CC2)c1. The zero-order valence-electron chi connectivity index (χ0n) is 13.3. The van der Waals surface area contributed by atoms with E-state index >= 15 is 0 Å². The van der Waals surface area contributed by atoms with Gasteiger partial charge in [-0.25, -0.2) is 4.79 Å². The molecule has 0 radical (unpaired) electrons. The van der Waals surface area contributed by atoms with Crippen LogP contribution in [0.25, 0.3) is 0 Å². The zero-order chi connectivity index (χ0) is 15.2. The maximum Gasteiger partial charge on any atom is 0.317 e. The van der Waals surface area contributed by atoms with Crippen LogP contribution in [-0.4, -0.2) is 31.1 Å². The number of hydrogen-bond acceptors (Lipinski definition) is 2. The molecule has 1 fully saturated rings. The fraction of sp³-hybridized carbons (Fsp3) is 0.588. The van der Waals surface area contributed by atoms with E-state index in [0.29, 0.717) is 12.6 Å². The van der Waals surface area contributed by atoms with Gasteiger partial charge in [-0.3, -0.25) is 0 Å². The van der Waals surface area contributed by atoms with Crippen molar-refractivity contribution in [1.82, 2.24) is 10.2 Å². The largest absolute Gasteiger partial charge is 0.497 e. The molecule has 4 nitrogen and oxygen atoms in total. The van der Waals surface area contributed by atoms with Gasteiger partial charge in [0, 0.05) is 19.6 Å². The normalized spacial score (nSPS) is 21.7. The Balaban J connectivity index is 1.84. The number of ether oxygens (including phenoxy) is 1. The van der Waals surface area contributed by atoms with E-state index in [-0.39, 0.29) is 6.03 Å². The molecular weight excluding hydrogens is 264 g/mol. The Morgan fingerprint density at radius 2 is 2.05 bits per heavy atom. The Labute approximate surface area is 127 Å². The minimum atomic E-state index is 0.0115. The van der Waals surface area contributed by atoms with Crippen LogP contribution < -0.4 is 10.1 Å². The van der Waals surface area contributed by atoms with E-state index in [9.17, 15) is 4.79 Å². The number of carbonyl (C=O) groups excluding carboxylic acids is 1. The second-order valence-corrected chi connectivity index (χ2v) is 6.11. The topological polar surface area (TPSA) is 41.6 Å². The van der Waals surface area contributed by atoms with E-state index in [0.717, 1.165) is 30.1 Å². The monoisotopic (exact) mass is 290 g/mol. The molecule has 1 aliphatic carbocycles. The molecule has 0 spiro atoms. The van der Waals surface area contributed by atoms with Crippen molar-refractivity contribution in [2.45, 2.75) is 45.2 Å². The molecule has 1 aromatic rings. The van der Waals surface area contributed by atoms with Crippen LogP contribution in [0.5, 0.6) is 5.75 Å². The Morgan fingerprint density at radius 1 is 1.33 bits per heavy atom. The van der Waals surface area contributed by atoms with Crippen molar-refractivity contribution >= 4 is 6.03 Å². The van der Waals surface area contributed by atoms with E-state index in [1.165, 1.54) is 12.8 Å².